The van der Waals surface area contributed by atoms with Crippen molar-refractivity contribution < 1.29 is 0 Å². The van der Waals surface area contributed by atoms with E-state index in [0.29, 0.717) is 0 Å². The molecular weight excluding hydrogens is 184 g/mol. The molecule has 0 saturated carbocycles. The summed E-state index contributed by atoms with van der Waals surface area (Å²) >= 11 is 0. The average molecular weight is 210 g/mol. The van der Waals surface area contributed by atoms with Gasteiger partial charge in [-0.2, -0.15) is 0 Å². The second kappa shape index (κ2) is 5.86. The molecule has 0 unspecified atom stereocenters. The molecule has 2 rings (SSSR count). The Morgan fingerprint density at radius 3 is 2.07 bits per heavy atom. The van der Waals surface area contributed by atoms with Gasteiger partial charge in [-0.05, 0) is 31.6 Å². The molecule has 2 aliphatic heterocycles. The highest BCUT2D eigenvalue weighted by molar-refractivity contribution is 4.72. The van der Waals surface area contributed by atoms with Gasteiger partial charge >= 0.3 is 0 Å². The van der Waals surface area contributed by atoms with E-state index >= 15 is 0 Å². The molecule has 0 amide bonds. The van der Waals surface area contributed by atoms with Crippen LogP contribution in [0.2, 0.25) is 0 Å². The fraction of sp³-hybridized carbons (Fsp3) is 1.00. The Kier molecular flexibility index (Phi) is 4.45. The molecule has 15 heavy (non-hydrogen) atoms. The molecule has 2 aliphatic rings. The van der Waals surface area contributed by atoms with Crippen molar-refractivity contribution in [1.29, 1.82) is 0 Å². The summed E-state index contributed by atoms with van der Waals surface area (Å²) in [5, 5.41) is 5.25. The van der Waals surface area contributed by atoms with Gasteiger partial charge in [-0.15, -0.1) is 0 Å². The van der Waals surface area contributed by atoms with Crippen LogP contribution in [0.5, 0.6) is 0 Å². The van der Waals surface area contributed by atoms with Crippen LogP contribution in [0.15, 0.2) is 0 Å². The third-order valence-corrected chi connectivity index (χ3v) is 4.02. The van der Waals surface area contributed by atoms with E-state index in [1.807, 2.05) is 0 Å². The topological polar surface area (TPSA) is 6.48 Å². The lowest BCUT2D eigenvalue weighted by molar-refractivity contribution is -0.0616. The highest BCUT2D eigenvalue weighted by Gasteiger charge is 2.23. The molecule has 0 aromatic rings. The van der Waals surface area contributed by atoms with Gasteiger partial charge in [0.15, 0.2) is 0 Å². The maximum absolute atomic E-state index is 2.63. The van der Waals surface area contributed by atoms with Gasteiger partial charge in [0, 0.05) is 26.2 Å². The maximum Gasteiger partial charge on any atom is 0.0136 e. The van der Waals surface area contributed by atoms with Crippen LogP contribution in [0.4, 0.5) is 0 Å². The lowest BCUT2D eigenvalue weighted by Crippen LogP contribution is -2.49. The van der Waals surface area contributed by atoms with E-state index in [1.165, 1.54) is 71.1 Å². The number of hydrogen-bond donors (Lipinski definition) is 0. The van der Waals surface area contributed by atoms with Crippen molar-refractivity contribution in [3.63, 3.8) is 0 Å². The van der Waals surface area contributed by atoms with Crippen LogP contribution < -0.4 is 0 Å². The molecule has 88 valence electrons. The van der Waals surface area contributed by atoms with Crippen molar-refractivity contribution in [2.45, 2.75) is 51.9 Å². The van der Waals surface area contributed by atoms with Gasteiger partial charge in [0.2, 0.25) is 0 Å². The van der Waals surface area contributed by atoms with Gasteiger partial charge in [-0.1, -0.05) is 26.2 Å². The van der Waals surface area contributed by atoms with Crippen molar-refractivity contribution >= 4 is 0 Å². The predicted octanol–water partition coefficient (Wildman–Crippen LogP) is 2.90. The summed E-state index contributed by atoms with van der Waals surface area (Å²) in [7, 11) is 0. The van der Waals surface area contributed by atoms with Crippen LogP contribution >= 0.6 is 0 Å². The third kappa shape index (κ3) is 3.18. The third-order valence-electron chi connectivity index (χ3n) is 4.02. The van der Waals surface area contributed by atoms with Crippen LogP contribution in [0.3, 0.4) is 0 Å². The molecule has 0 aromatic carbocycles. The first kappa shape index (κ1) is 11.4. The van der Waals surface area contributed by atoms with Gasteiger partial charge in [-0.25, -0.2) is 10.0 Å². The standard InChI is InChI=1S/C13H26N2/c1-2-6-13-7-11-15(12-8-13)14-9-4-3-5-10-14/h13H,2-12H2,1H3. The van der Waals surface area contributed by atoms with Crippen molar-refractivity contribution in [2.75, 3.05) is 26.2 Å². The number of hydrogen-bond acceptors (Lipinski definition) is 2. The van der Waals surface area contributed by atoms with Crippen molar-refractivity contribution in [1.82, 2.24) is 10.0 Å². The Morgan fingerprint density at radius 1 is 0.867 bits per heavy atom. The first-order chi connectivity index (χ1) is 7.40. The van der Waals surface area contributed by atoms with E-state index in [9.17, 15) is 0 Å². The zero-order valence-corrected chi connectivity index (χ0v) is 10.2. The highest BCUT2D eigenvalue weighted by Crippen LogP contribution is 2.24. The SMILES string of the molecule is CCCC1CCN(N2CCCCC2)CC1. The lowest BCUT2D eigenvalue weighted by Gasteiger charge is -2.41. The minimum Gasteiger partial charge on any atom is -0.242 e. The molecule has 0 aliphatic carbocycles. The molecule has 0 radical (unpaired) electrons. The summed E-state index contributed by atoms with van der Waals surface area (Å²) < 4.78 is 0. The molecule has 0 bridgehead atoms. The molecule has 0 N–H and O–H groups in total. The second-order valence-corrected chi connectivity index (χ2v) is 5.20. The minimum absolute atomic E-state index is 1.02. The summed E-state index contributed by atoms with van der Waals surface area (Å²) in [6, 6.07) is 0. The molecule has 0 atom stereocenters. The summed E-state index contributed by atoms with van der Waals surface area (Å²) in [6.07, 6.45) is 9.96. The second-order valence-electron chi connectivity index (χ2n) is 5.20. The van der Waals surface area contributed by atoms with Gasteiger partial charge in [0.1, 0.15) is 0 Å². The quantitative estimate of drug-likeness (QED) is 0.706. The minimum atomic E-state index is 1.02. The van der Waals surface area contributed by atoms with E-state index in [1.54, 1.807) is 0 Å². The largest absolute Gasteiger partial charge is 0.242 e. The molecule has 2 heterocycles. The first-order valence-corrected chi connectivity index (χ1v) is 6.90. The first-order valence-electron chi connectivity index (χ1n) is 6.90. The van der Waals surface area contributed by atoms with Crippen LogP contribution in [0.25, 0.3) is 0 Å². The molecule has 0 spiro atoms. The highest BCUT2D eigenvalue weighted by atomic mass is 15.6. The monoisotopic (exact) mass is 210 g/mol. The fourth-order valence-corrected chi connectivity index (χ4v) is 3.06. The number of nitrogens with zero attached hydrogens (tertiary/aromatic N) is 2. The summed E-state index contributed by atoms with van der Waals surface area (Å²) in [5.74, 6) is 1.02. The van der Waals surface area contributed by atoms with Crippen molar-refractivity contribution in [3.8, 4) is 0 Å². The molecule has 2 fully saturated rings. The zero-order valence-electron chi connectivity index (χ0n) is 10.2. The van der Waals surface area contributed by atoms with Crippen molar-refractivity contribution in [3.05, 3.63) is 0 Å². The van der Waals surface area contributed by atoms with Crippen LogP contribution in [0.1, 0.15) is 51.9 Å². The van der Waals surface area contributed by atoms with E-state index in [0.717, 1.165) is 5.92 Å². The van der Waals surface area contributed by atoms with Crippen LogP contribution in [-0.2, 0) is 0 Å². The Balaban J connectivity index is 1.72. The Labute approximate surface area is 94.6 Å². The smallest absolute Gasteiger partial charge is 0.0136 e. The average Bonchev–Trinajstić information content (AvgIpc) is 2.32. The molecule has 2 heteroatoms. The van der Waals surface area contributed by atoms with Gasteiger partial charge in [-0.3, -0.25) is 0 Å². The van der Waals surface area contributed by atoms with E-state index in [4.69, 9.17) is 0 Å². The van der Waals surface area contributed by atoms with Gasteiger partial charge < -0.3 is 0 Å². The Bertz CT molecular complexity index is 167. The zero-order chi connectivity index (χ0) is 10.5. The van der Waals surface area contributed by atoms with E-state index in [2.05, 4.69) is 16.9 Å². The van der Waals surface area contributed by atoms with Crippen LogP contribution in [-0.4, -0.2) is 36.2 Å². The predicted molar refractivity (Wildman–Crippen MR) is 64.6 cm³/mol. The molecule has 2 saturated heterocycles. The van der Waals surface area contributed by atoms with E-state index in [-0.39, 0.29) is 0 Å². The lowest BCUT2D eigenvalue weighted by atomic mass is 9.93. The number of rotatable bonds is 3. The Morgan fingerprint density at radius 2 is 1.47 bits per heavy atom. The van der Waals surface area contributed by atoms with Gasteiger partial charge in [0.05, 0.1) is 0 Å². The molecule has 0 aromatic heterocycles. The summed E-state index contributed by atoms with van der Waals surface area (Å²) in [6.45, 7) is 7.60. The van der Waals surface area contributed by atoms with Gasteiger partial charge in [0.25, 0.3) is 0 Å². The normalized spacial score (nSPS) is 27.0. The van der Waals surface area contributed by atoms with Crippen molar-refractivity contribution in [2.24, 2.45) is 5.92 Å². The Hall–Kier alpha value is -0.0800. The molecular formula is C13H26N2. The summed E-state index contributed by atoms with van der Waals surface area (Å²) in [4.78, 5) is 0. The van der Waals surface area contributed by atoms with Crippen LogP contribution in [0, 0.1) is 5.92 Å². The number of hydrazine groups is 1. The summed E-state index contributed by atoms with van der Waals surface area (Å²) in [5.41, 5.74) is 0. The maximum atomic E-state index is 2.63. The fourth-order valence-electron chi connectivity index (χ4n) is 3.06. The number of piperidine rings is 2. The van der Waals surface area contributed by atoms with E-state index < -0.39 is 0 Å². The molecule has 2 nitrogen and oxygen atoms in total.